The summed E-state index contributed by atoms with van der Waals surface area (Å²) in [6.07, 6.45) is 7.12. The highest BCUT2D eigenvalue weighted by Crippen LogP contribution is 2.30. The zero-order valence-electron chi connectivity index (χ0n) is 15.0. The Kier molecular flexibility index (Phi) is 6.60. The summed E-state index contributed by atoms with van der Waals surface area (Å²) in [5.74, 6) is 0.525. The van der Waals surface area contributed by atoms with E-state index in [0.29, 0.717) is 11.6 Å². The lowest BCUT2D eigenvalue weighted by Crippen LogP contribution is -2.43. The molecule has 0 aromatic carbocycles. The van der Waals surface area contributed by atoms with Crippen LogP contribution >= 0.6 is 0 Å². The van der Waals surface area contributed by atoms with Crippen LogP contribution in [-0.4, -0.2) is 27.8 Å². The number of carbonyl (C=O) groups excluding carboxylic acids is 1. The highest BCUT2D eigenvalue weighted by atomic mass is 16.6. The second-order valence-electron chi connectivity index (χ2n) is 7.69. The molecule has 2 N–H and O–H groups in total. The van der Waals surface area contributed by atoms with Crippen molar-refractivity contribution in [1.82, 2.24) is 10.3 Å². The third kappa shape index (κ3) is 6.11. The van der Waals surface area contributed by atoms with E-state index in [1.54, 1.807) is 12.3 Å². The number of hydrogen-bond acceptors (Lipinski definition) is 4. The molecule has 0 unspecified atom stereocenters. The zero-order valence-corrected chi connectivity index (χ0v) is 15.0. The van der Waals surface area contributed by atoms with Gasteiger partial charge in [0.25, 0.3) is 0 Å². The van der Waals surface area contributed by atoms with Crippen LogP contribution in [0.15, 0.2) is 24.4 Å². The molecule has 1 aromatic rings. The number of aromatic nitrogens is 1. The Morgan fingerprint density at radius 3 is 2.62 bits per heavy atom. The van der Waals surface area contributed by atoms with Crippen molar-refractivity contribution in [1.29, 1.82) is 0 Å². The fraction of sp³-hybridized carbons (Fsp3) is 0.684. The van der Waals surface area contributed by atoms with Gasteiger partial charge in [0.05, 0.1) is 11.7 Å². The molecule has 1 heterocycles. The van der Waals surface area contributed by atoms with Crippen molar-refractivity contribution in [3.8, 4) is 0 Å². The molecule has 1 aromatic heterocycles. The van der Waals surface area contributed by atoms with Gasteiger partial charge in [-0.1, -0.05) is 38.2 Å². The number of ether oxygens (including phenoxy) is 1. The van der Waals surface area contributed by atoms with Gasteiger partial charge in [0, 0.05) is 6.20 Å². The SMILES string of the molecule is CC(C)(C)OC(=O)N[C@H](CC1CCCCC1)[C@H](O)c1ccccn1. The van der Waals surface area contributed by atoms with E-state index in [-0.39, 0.29) is 0 Å². The molecule has 1 fully saturated rings. The first-order chi connectivity index (χ1) is 11.3. The summed E-state index contributed by atoms with van der Waals surface area (Å²) in [7, 11) is 0. The molecule has 1 aliphatic rings. The Balaban J connectivity index is 2.06. The number of alkyl carbamates (subject to hydrolysis) is 1. The number of hydrogen-bond donors (Lipinski definition) is 2. The van der Waals surface area contributed by atoms with Crippen molar-refractivity contribution < 1.29 is 14.6 Å². The zero-order chi connectivity index (χ0) is 17.6. The third-order valence-electron chi connectivity index (χ3n) is 4.39. The van der Waals surface area contributed by atoms with E-state index >= 15 is 0 Å². The normalized spacial score (nSPS) is 18.7. The van der Waals surface area contributed by atoms with E-state index in [1.165, 1.54) is 19.3 Å². The number of rotatable bonds is 5. The van der Waals surface area contributed by atoms with Crippen LogP contribution < -0.4 is 5.32 Å². The average Bonchev–Trinajstić information content (AvgIpc) is 2.53. The molecular formula is C19H30N2O3. The molecule has 5 nitrogen and oxygen atoms in total. The maximum absolute atomic E-state index is 12.2. The maximum Gasteiger partial charge on any atom is 0.407 e. The largest absolute Gasteiger partial charge is 0.444 e. The first kappa shape index (κ1) is 18.7. The lowest BCUT2D eigenvalue weighted by Gasteiger charge is -2.30. The number of nitrogens with zero attached hydrogens (tertiary/aromatic N) is 1. The summed E-state index contributed by atoms with van der Waals surface area (Å²) in [4.78, 5) is 16.4. The van der Waals surface area contributed by atoms with Crippen LogP contribution in [0.25, 0.3) is 0 Å². The standard InChI is InChI=1S/C19H30N2O3/c1-19(2,3)24-18(23)21-16(13-14-9-5-4-6-10-14)17(22)15-11-7-8-12-20-15/h7-8,11-12,14,16-17,22H,4-6,9-10,13H2,1-3H3,(H,21,23)/t16-,17-/m1/s1. The Hall–Kier alpha value is -1.62. The molecule has 5 heteroatoms. The summed E-state index contributed by atoms with van der Waals surface area (Å²) in [6.45, 7) is 5.49. The van der Waals surface area contributed by atoms with Crippen LogP contribution in [0.5, 0.6) is 0 Å². The molecule has 0 saturated heterocycles. The van der Waals surface area contributed by atoms with Gasteiger partial charge in [-0.05, 0) is 45.2 Å². The summed E-state index contributed by atoms with van der Waals surface area (Å²) in [5, 5.41) is 13.6. The number of aliphatic hydroxyl groups excluding tert-OH is 1. The van der Waals surface area contributed by atoms with Crippen LogP contribution in [0, 0.1) is 5.92 Å². The molecule has 0 aliphatic heterocycles. The number of aliphatic hydroxyl groups is 1. The molecule has 0 radical (unpaired) electrons. The second-order valence-corrected chi connectivity index (χ2v) is 7.69. The van der Waals surface area contributed by atoms with Crippen molar-refractivity contribution in [3.05, 3.63) is 30.1 Å². The highest BCUT2D eigenvalue weighted by molar-refractivity contribution is 5.68. The van der Waals surface area contributed by atoms with E-state index in [1.807, 2.05) is 32.9 Å². The molecule has 2 rings (SSSR count). The van der Waals surface area contributed by atoms with Crippen molar-refractivity contribution in [2.75, 3.05) is 0 Å². The van der Waals surface area contributed by atoms with Crippen LogP contribution in [0.4, 0.5) is 4.79 Å². The molecule has 1 amide bonds. The Morgan fingerprint density at radius 2 is 2.04 bits per heavy atom. The van der Waals surface area contributed by atoms with E-state index in [9.17, 15) is 9.90 Å². The second kappa shape index (κ2) is 8.47. The Labute approximate surface area is 144 Å². The van der Waals surface area contributed by atoms with E-state index in [4.69, 9.17) is 4.74 Å². The minimum Gasteiger partial charge on any atom is -0.444 e. The Morgan fingerprint density at radius 1 is 1.33 bits per heavy atom. The number of pyridine rings is 1. The molecule has 1 aliphatic carbocycles. The molecular weight excluding hydrogens is 304 g/mol. The average molecular weight is 334 g/mol. The molecule has 1 saturated carbocycles. The predicted octanol–water partition coefficient (Wildman–Crippen LogP) is 3.98. The van der Waals surface area contributed by atoms with Crippen LogP contribution in [0.3, 0.4) is 0 Å². The molecule has 2 atom stereocenters. The van der Waals surface area contributed by atoms with Gasteiger partial charge in [0.1, 0.15) is 11.7 Å². The fourth-order valence-electron chi connectivity index (χ4n) is 3.26. The molecule has 0 bridgehead atoms. The smallest absolute Gasteiger partial charge is 0.407 e. The lowest BCUT2D eigenvalue weighted by molar-refractivity contribution is 0.0385. The quantitative estimate of drug-likeness (QED) is 0.854. The fourth-order valence-corrected chi connectivity index (χ4v) is 3.26. The van der Waals surface area contributed by atoms with Gasteiger partial charge in [-0.3, -0.25) is 4.98 Å². The maximum atomic E-state index is 12.2. The van der Waals surface area contributed by atoms with Crippen molar-refractivity contribution in [2.45, 2.75) is 77.0 Å². The van der Waals surface area contributed by atoms with Gasteiger partial charge in [0.2, 0.25) is 0 Å². The summed E-state index contributed by atoms with van der Waals surface area (Å²) < 4.78 is 5.36. The number of amides is 1. The third-order valence-corrected chi connectivity index (χ3v) is 4.39. The van der Waals surface area contributed by atoms with E-state index in [2.05, 4.69) is 10.3 Å². The van der Waals surface area contributed by atoms with Crippen molar-refractivity contribution in [2.24, 2.45) is 5.92 Å². The number of carbonyl (C=O) groups is 1. The molecule has 0 spiro atoms. The van der Waals surface area contributed by atoms with Gasteiger partial charge < -0.3 is 15.2 Å². The predicted molar refractivity (Wildman–Crippen MR) is 93.5 cm³/mol. The highest BCUT2D eigenvalue weighted by Gasteiger charge is 2.29. The first-order valence-electron chi connectivity index (χ1n) is 8.93. The van der Waals surface area contributed by atoms with E-state index < -0.39 is 23.8 Å². The summed E-state index contributed by atoms with van der Waals surface area (Å²) >= 11 is 0. The van der Waals surface area contributed by atoms with Crippen LogP contribution in [-0.2, 0) is 4.74 Å². The van der Waals surface area contributed by atoms with Crippen LogP contribution in [0.1, 0.15) is 71.1 Å². The lowest BCUT2D eigenvalue weighted by atomic mass is 9.83. The minimum atomic E-state index is -0.833. The van der Waals surface area contributed by atoms with Gasteiger partial charge >= 0.3 is 6.09 Å². The molecule has 24 heavy (non-hydrogen) atoms. The summed E-state index contributed by atoms with van der Waals surface area (Å²) in [6, 6.07) is 5.05. The van der Waals surface area contributed by atoms with Gasteiger partial charge in [-0.25, -0.2) is 4.79 Å². The van der Waals surface area contributed by atoms with Gasteiger partial charge in [-0.2, -0.15) is 0 Å². The van der Waals surface area contributed by atoms with Gasteiger partial charge in [0.15, 0.2) is 0 Å². The Bertz CT molecular complexity index is 507. The monoisotopic (exact) mass is 334 g/mol. The topological polar surface area (TPSA) is 71.5 Å². The summed E-state index contributed by atoms with van der Waals surface area (Å²) in [5.41, 5.74) is 0.0180. The van der Waals surface area contributed by atoms with Crippen molar-refractivity contribution >= 4 is 6.09 Å². The first-order valence-corrected chi connectivity index (χ1v) is 8.93. The van der Waals surface area contributed by atoms with E-state index in [0.717, 1.165) is 19.3 Å². The molecule has 134 valence electrons. The minimum absolute atomic E-state index is 0.391. The van der Waals surface area contributed by atoms with Gasteiger partial charge in [-0.15, -0.1) is 0 Å². The van der Waals surface area contributed by atoms with Crippen LogP contribution in [0.2, 0.25) is 0 Å². The number of nitrogens with one attached hydrogen (secondary N) is 1. The van der Waals surface area contributed by atoms with Crippen molar-refractivity contribution in [3.63, 3.8) is 0 Å².